The maximum absolute atomic E-state index is 13.0. The van der Waals surface area contributed by atoms with Gasteiger partial charge in [0, 0.05) is 19.3 Å². The van der Waals surface area contributed by atoms with Crippen LogP contribution >= 0.6 is 11.8 Å². The molecule has 0 saturated heterocycles. The number of rotatable bonds is 6. The second-order valence-corrected chi connectivity index (χ2v) is 7.36. The van der Waals surface area contributed by atoms with Crippen molar-refractivity contribution in [2.75, 3.05) is 12.8 Å². The smallest absolute Gasteiger partial charge is 0.233 e. The third kappa shape index (κ3) is 4.74. The molecule has 27 heavy (non-hydrogen) atoms. The van der Waals surface area contributed by atoms with E-state index in [-0.39, 0.29) is 17.5 Å². The maximum Gasteiger partial charge on any atom is 0.233 e. The zero-order chi connectivity index (χ0) is 19.4. The van der Waals surface area contributed by atoms with Gasteiger partial charge in [-0.05, 0) is 54.8 Å². The molecule has 0 bridgehead atoms. The number of carbonyl (C=O) groups is 1. The zero-order valence-corrected chi connectivity index (χ0v) is 16.3. The van der Waals surface area contributed by atoms with Gasteiger partial charge >= 0.3 is 0 Å². The van der Waals surface area contributed by atoms with Gasteiger partial charge < -0.3 is 4.90 Å². The minimum absolute atomic E-state index is 0.0287. The van der Waals surface area contributed by atoms with E-state index in [9.17, 15) is 9.18 Å². The Morgan fingerprint density at radius 2 is 1.89 bits per heavy atom. The predicted molar refractivity (Wildman–Crippen MR) is 104 cm³/mol. The average Bonchev–Trinajstić information content (AvgIpc) is 3.12. The van der Waals surface area contributed by atoms with E-state index in [1.807, 2.05) is 10.6 Å². The van der Waals surface area contributed by atoms with Crippen molar-refractivity contribution in [1.29, 1.82) is 0 Å². The molecule has 7 heteroatoms. The fourth-order valence-corrected chi connectivity index (χ4v) is 3.43. The van der Waals surface area contributed by atoms with Crippen molar-refractivity contribution in [1.82, 2.24) is 19.7 Å². The summed E-state index contributed by atoms with van der Waals surface area (Å²) in [7, 11) is 1.74. The van der Waals surface area contributed by atoms with E-state index < -0.39 is 0 Å². The normalized spacial score (nSPS) is 10.8. The number of benzene rings is 2. The van der Waals surface area contributed by atoms with Crippen molar-refractivity contribution in [3.05, 3.63) is 71.3 Å². The van der Waals surface area contributed by atoms with Gasteiger partial charge in [-0.1, -0.05) is 30.0 Å². The Balaban J connectivity index is 1.63. The van der Waals surface area contributed by atoms with Gasteiger partial charge in [0.1, 0.15) is 12.1 Å². The lowest BCUT2D eigenvalue weighted by Gasteiger charge is -2.17. The molecule has 3 rings (SSSR count). The molecule has 0 radical (unpaired) electrons. The van der Waals surface area contributed by atoms with Gasteiger partial charge in [0.2, 0.25) is 5.91 Å². The Labute approximate surface area is 162 Å². The van der Waals surface area contributed by atoms with Crippen LogP contribution in [0.5, 0.6) is 0 Å². The van der Waals surface area contributed by atoms with Crippen molar-refractivity contribution in [2.24, 2.45) is 0 Å². The minimum Gasteiger partial charge on any atom is -0.341 e. The molecule has 3 aromatic rings. The van der Waals surface area contributed by atoms with Gasteiger partial charge in [-0.3, -0.25) is 9.36 Å². The van der Waals surface area contributed by atoms with Crippen LogP contribution in [-0.2, 0) is 11.3 Å². The quantitative estimate of drug-likeness (QED) is 0.607. The summed E-state index contributed by atoms with van der Waals surface area (Å²) < 4.78 is 14.9. The number of aromatic nitrogens is 3. The summed E-state index contributed by atoms with van der Waals surface area (Å²) in [6, 6.07) is 12.3. The Hall–Kier alpha value is -2.67. The standard InChI is InChI=1S/C20H21FN4OS/c1-14-4-9-18(10-15(14)2)25-13-22-23-20(25)27-12-19(26)24(3)11-16-5-7-17(21)8-6-16/h4-10,13H,11-12H2,1-3H3. The van der Waals surface area contributed by atoms with E-state index in [0.29, 0.717) is 11.7 Å². The van der Waals surface area contributed by atoms with Crippen LogP contribution in [0.4, 0.5) is 4.39 Å². The summed E-state index contributed by atoms with van der Waals surface area (Å²) in [6.45, 7) is 4.56. The highest BCUT2D eigenvalue weighted by atomic mass is 32.2. The van der Waals surface area contributed by atoms with E-state index in [4.69, 9.17) is 0 Å². The molecule has 0 fully saturated rings. The number of hydrogen-bond acceptors (Lipinski definition) is 4. The molecule has 2 aromatic carbocycles. The highest BCUT2D eigenvalue weighted by Crippen LogP contribution is 2.21. The molecule has 0 unspecified atom stereocenters. The molecular weight excluding hydrogens is 363 g/mol. The van der Waals surface area contributed by atoms with E-state index in [1.54, 1.807) is 30.4 Å². The Bertz CT molecular complexity index is 939. The number of halogens is 1. The van der Waals surface area contributed by atoms with Crippen LogP contribution in [0.1, 0.15) is 16.7 Å². The summed E-state index contributed by atoms with van der Waals surface area (Å²) in [4.78, 5) is 14.1. The first-order valence-corrected chi connectivity index (χ1v) is 9.51. The molecule has 0 aliphatic carbocycles. The highest BCUT2D eigenvalue weighted by molar-refractivity contribution is 7.99. The monoisotopic (exact) mass is 384 g/mol. The fourth-order valence-electron chi connectivity index (χ4n) is 2.56. The minimum atomic E-state index is -0.283. The summed E-state index contributed by atoms with van der Waals surface area (Å²) in [6.07, 6.45) is 1.65. The van der Waals surface area contributed by atoms with Crippen molar-refractivity contribution in [3.8, 4) is 5.69 Å². The largest absolute Gasteiger partial charge is 0.341 e. The third-order valence-electron chi connectivity index (χ3n) is 4.37. The maximum atomic E-state index is 13.0. The molecule has 5 nitrogen and oxygen atoms in total. The molecule has 0 atom stereocenters. The van der Waals surface area contributed by atoms with Gasteiger partial charge in [0.05, 0.1) is 5.75 Å². The molecule has 140 valence electrons. The van der Waals surface area contributed by atoms with E-state index in [1.165, 1.54) is 35.0 Å². The van der Waals surface area contributed by atoms with Gasteiger partial charge in [0.25, 0.3) is 0 Å². The molecule has 0 N–H and O–H groups in total. The lowest BCUT2D eigenvalue weighted by Crippen LogP contribution is -2.27. The van der Waals surface area contributed by atoms with Gasteiger partial charge in [-0.15, -0.1) is 10.2 Å². The number of amides is 1. The second-order valence-electron chi connectivity index (χ2n) is 6.42. The lowest BCUT2D eigenvalue weighted by molar-refractivity contribution is -0.127. The number of carbonyl (C=O) groups excluding carboxylic acids is 1. The van der Waals surface area contributed by atoms with Crippen molar-refractivity contribution in [3.63, 3.8) is 0 Å². The number of nitrogens with zero attached hydrogens (tertiary/aromatic N) is 4. The molecule has 0 saturated carbocycles. The highest BCUT2D eigenvalue weighted by Gasteiger charge is 2.14. The first kappa shape index (κ1) is 19.1. The molecule has 1 aromatic heterocycles. The predicted octanol–water partition coefficient (Wildman–Crippen LogP) is 3.77. The Morgan fingerprint density at radius 3 is 2.59 bits per heavy atom. The first-order chi connectivity index (χ1) is 12.9. The molecule has 0 spiro atoms. The topological polar surface area (TPSA) is 51.0 Å². The van der Waals surface area contributed by atoms with Gasteiger partial charge in [-0.25, -0.2) is 4.39 Å². The van der Waals surface area contributed by atoms with Crippen LogP contribution in [-0.4, -0.2) is 38.4 Å². The van der Waals surface area contributed by atoms with Crippen LogP contribution in [0.15, 0.2) is 53.9 Å². The van der Waals surface area contributed by atoms with Crippen LogP contribution in [0, 0.1) is 19.7 Å². The van der Waals surface area contributed by atoms with Crippen LogP contribution < -0.4 is 0 Å². The van der Waals surface area contributed by atoms with Crippen molar-refractivity contribution >= 4 is 17.7 Å². The number of aryl methyl sites for hydroxylation is 2. The summed E-state index contributed by atoms with van der Waals surface area (Å²) in [5.41, 5.74) is 4.26. The molecule has 1 heterocycles. The summed E-state index contributed by atoms with van der Waals surface area (Å²) in [5.74, 6) is -0.0609. The Morgan fingerprint density at radius 1 is 1.15 bits per heavy atom. The van der Waals surface area contributed by atoms with E-state index >= 15 is 0 Å². The molecule has 1 amide bonds. The van der Waals surface area contributed by atoms with Crippen LogP contribution in [0.2, 0.25) is 0 Å². The zero-order valence-electron chi connectivity index (χ0n) is 15.5. The van der Waals surface area contributed by atoms with Crippen LogP contribution in [0.3, 0.4) is 0 Å². The molecule has 0 aliphatic heterocycles. The van der Waals surface area contributed by atoms with Gasteiger partial charge in [0.15, 0.2) is 5.16 Å². The molecule has 0 aliphatic rings. The third-order valence-corrected chi connectivity index (χ3v) is 5.30. The van der Waals surface area contributed by atoms with Gasteiger partial charge in [-0.2, -0.15) is 0 Å². The fraction of sp³-hybridized carbons (Fsp3) is 0.250. The SMILES string of the molecule is Cc1ccc(-n2cnnc2SCC(=O)N(C)Cc2ccc(F)cc2)cc1C. The van der Waals surface area contributed by atoms with Crippen molar-refractivity contribution in [2.45, 2.75) is 25.5 Å². The second kappa shape index (κ2) is 8.35. The number of hydrogen-bond donors (Lipinski definition) is 0. The van der Waals surface area contributed by atoms with E-state index in [0.717, 1.165) is 11.3 Å². The average molecular weight is 384 g/mol. The van der Waals surface area contributed by atoms with Crippen molar-refractivity contribution < 1.29 is 9.18 Å². The first-order valence-electron chi connectivity index (χ1n) is 8.53. The summed E-state index contributed by atoms with van der Waals surface area (Å²) in [5, 5.41) is 8.78. The lowest BCUT2D eigenvalue weighted by atomic mass is 10.1. The van der Waals surface area contributed by atoms with E-state index in [2.05, 4.69) is 36.2 Å². The Kier molecular flexibility index (Phi) is 5.91. The molecular formula is C20H21FN4OS. The van der Waals surface area contributed by atoms with Crippen LogP contribution in [0.25, 0.3) is 5.69 Å². The summed E-state index contributed by atoms with van der Waals surface area (Å²) >= 11 is 1.35. The number of thioether (sulfide) groups is 1.